The molecule has 6 heteroatoms. The predicted molar refractivity (Wildman–Crippen MR) is 79.2 cm³/mol. The van der Waals surface area contributed by atoms with Gasteiger partial charge in [-0.15, -0.1) is 0 Å². The van der Waals surface area contributed by atoms with Gasteiger partial charge in [0.05, 0.1) is 5.69 Å². The third-order valence-corrected chi connectivity index (χ3v) is 3.12. The summed E-state index contributed by atoms with van der Waals surface area (Å²) in [6.45, 7) is 0.0188. The molecule has 0 radical (unpaired) electrons. The summed E-state index contributed by atoms with van der Waals surface area (Å²) in [5.74, 6) is -0.827. The highest BCUT2D eigenvalue weighted by Crippen LogP contribution is 2.18. The lowest BCUT2D eigenvalue weighted by molar-refractivity contribution is 0.0691. The van der Waals surface area contributed by atoms with Gasteiger partial charge < -0.3 is 9.84 Å². The van der Waals surface area contributed by atoms with Crippen LogP contribution in [0.2, 0.25) is 0 Å². The molecule has 1 aromatic carbocycles. The smallest absolute Gasteiger partial charge is 0.339 e. The minimum absolute atomic E-state index is 0.0188. The van der Waals surface area contributed by atoms with E-state index in [-0.39, 0.29) is 23.5 Å². The number of para-hydroxylation sites is 1. The molecule has 0 saturated heterocycles. The van der Waals surface area contributed by atoms with Gasteiger partial charge in [0.15, 0.2) is 0 Å². The van der Waals surface area contributed by atoms with Crippen LogP contribution in [0.1, 0.15) is 16.1 Å². The molecule has 0 aliphatic rings. The zero-order chi connectivity index (χ0) is 15.5. The summed E-state index contributed by atoms with van der Waals surface area (Å²) in [6.07, 6.45) is 1.63. The van der Waals surface area contributed by atoms with Crippen LogP contribution in [0.4, 0.5) is 0 Å². The second-order valence-corrected chi connectivity index (χ2v) is 4.60. The van der Waals surface area contributed by atoms with E-state index in [9.17, 15) is 9.59 Å². The number of ether oxygens (including phenoxy) is 1. The molecule has 0 unspecified atom stereocenters. The van der Waals surface area contributed by atoms with Crippen LogP contribution >= 0.6 is 0 Å². The molecule has 2 aromatic heterocycles. The highest BCUT2D eigenvalue weighted by atomic mass is 16.5. The Labute approximate surface area is 125 Å². The SMILES string of the molecule is O=C(O)c1ccccc1OCc1cc(=O)n2ccccc2n1. The summed E-state index contributed by atoms with van der Waals surface area (Å²) < 4.78 is 6.92. The number of fused-ring (bicyclic) bond motifs is 1. The van der Waals surface area contributed by atoms with Gasteiger partial charge in [0.2, 0.25) is 0 Å². The second-order valence-electron chi connectivity index (χ2n) is 4.60. The van der Waals surface area contributed by atoms with Crippen LogP contribution in [0.5, 0.6) is 5.75 Å². The molecule has 3 rings (SSSR count). The first-order valence-corrected chi connectivity index (χ1v) is 6.57. The molecule has 2 heterocycles. The predicted octanol–water partition coefficient (Wildman–Crippen LogP) is 1.97. The molecule has 0 aliphatic heterocycles. The highest BCUT2D eigenvalue weighted by Gasteiger charge is 2.11. The average Bonchev–Trinajstić information content (AvgIpc) is 2.53. The number of pyridine rings is 1. The van der Waals surface area contributed by atoms with Crippen LogP contribution in [0, 0.1) is 0 Å². The molecule has 0 fully saturated rings. The van der Waals surface area contributed by atoms with E-state index in [1.807, 2.05) is 0 Å². The number of benzene rings is 1. The number of rotatable bonds is 4. The lowest BCUT2D eigenvalue weighted by Gasteiger charge is -2.09. The van der Waals surface area contributed by atoms with E-state index in [2.05, 4.69) is 4.98 Å². The highest BCUT2D eigenvalue weighted by molar-refractivity contribution is 5.90. The first-order valence-electron chi connectivity index (χ1n) is 6.57. The van der Waals surface area contributed by atoms with E-state index in [1.165, 1.54) is 16.5 Å². The van der Waals surface area contributed by atoms with Gasteiger partial charge in [-0.2, -0.15) is 0 Å². The van der Waals surface area contributed by atoms with Crippen molar-refractivity contribution in [1.29, 1.82) is 0 Å². The Morgan fingerprint density at radius 3 is 2.77 bits per heavy atom. The number of carbonyl (C=O) groups is 1. The maximum atomic E-state index is 12.0. The third-order valence-electron chi connectivity index (χ3n) is 3.12. The van der Waals surface area contributed by atoms with Gasteiger partial charge in [0, 0.05) is 12.3 Å². The molecule has 6 nitrogen and oxygen atoms in total. The fourth-order valence-electron chi connectivity index (χ4n) is 2.10. The quantitative estimate of drug-likeness (QED) is 0.796. The standard InChI is InChI=1S/C16H12N2O4/c19-15-9-11(17-14-7-3-4-8-18(14)15)10-22-13-6-2-1-5-12(13)16(20)21/h1-9H,10H2,(H,20,21). The summed E-state index contributed by atoms with van der Waals surface area (Å²) in [6, 6.07) is 13.0. The van der Waals surface area contributed by atoms with Crippen molar-refractivity contribution in [2.45, 2.75) is 6.61 Å². The molecule has 0 atom stereocenters. The van der Waals surface area contributed by atoms with Crippen molar-refractivity contribution >= 4 is 11.6 Å². The molecule has 0 bridgehead atoms. The molecule has 110 valence electrons. The van der Waals surface area contributed by atoms with E-state index in [0.717, 1.165) is 0 Å². The van der Waals surface area contributed by atoms with Crippen LogP contribution in [0.3, 0.4) is 0 Å². The van der Waals surface area contributed by atoms with E-state index >= 15 is 0 Å². The topological polar surface area (TPSA) is 80.9 Å². The van der Waals surface area contributed by atoms with Crippen LogP contribution < -0.4 is 10.3 Å². The molecule has 3 aromatic rings. The maximum Gasteiger partial charge on any atom is 0.339 e. The minimum atomic E-state index is -1.07. The zero-order valence-electron chi connectivity index (χ0n) is 11.5. The van der Waals surface area contributed by atoms with Crippen molar-refractivity contribution in [3.05, 3.63) is 76.3 Å². The molecular formula is C16H12N2O4. The summed E-state index contributed by atoms with van der Waals surface area (Å²) >= 11 is 0. The van der Waals surface area contributed by atoms with Crippen molar-refractivity contribution in [3.63, 3.8) is 0 Å². The summed E-state index contributed by atoms with van der Waals surface area (Å²) in [4.78, 5) is 27.4. The third kappa shape index (κ3) is 2.67. The Morgan fingerprint density at radius 2 is 1.95 bits per heavy atom. The van der Waals surface area contributed by atoms with Crippen LogP contribution in [-0.4, -0.2) is 20.5 Å². The Kier molecular flexibility index (Phi) is 3.57. The van der Waals surface area contributed by atoms with Gasteiger partial charge in [0.1, 0.15) is 23.6 Å². The van der Waals surface area contributed by atoms with Crippen LogP contribution in [0.25, 0.3) is 5.65 Å². The molecule has 0 amide bonds. The monoisotopic (exact) mass is 296 g/mol. The number of aromatic carboxylic acids is 1. The number of carboxylic acids is 1. The zero-order valence-corrected chi connectivity index (χ0v) is 11.5. The molecule has 22 heavy (non-hydrogen) atoms. The van der Waals surface area contributed by atoms with Crippen molar-refractivity contribution < 1.29 is 14.6 Å². The lowest BCUT2D eigenvalue weighted by Crippen LogP contribution is -2.16. The van der Waals surface area contributed by atoms with Gasteiger partial charge in [-0.1, -0.05) is 18.2 Å². The first kappa shape index (κ1) is 13.8. The van der Waals surface area contributed by atoms with E-state index < -0.39 is 5.97 Å². The largest absolute Gasteiger partial charge is 0.486 e. The Morgan fingerprint density at radius 1 is 1.18 bits per heavy atom. The fourth-order valence-corrected chi connectivity index (χ4v) is 2.10. The van der Waals surface area contributed by atoms with Crippen LogP contribution in [0.15, 0.2) is 59.5 Å². The van der Waals surface area contributed by atoms with Gasteiger partial charge in [-0.25, -0.2) is 9.78 Å². The van der Waals surface area contributed by atoms with E-state index in [0.29, 0.717) is 11.3 Å². The lowest BCUT2D eigenvalue weighted by atomic mass is 10.2. The van der Waals surface area contributed by atoms with E-state index in [1.54, 1.807) is 42.6 Å². The molecular weight excluding hydrogens is 284 g/mol. The number of hydrogen-bond acceptors (Lipinski definition) is 4. The Balaban J connectivity index is 1.89. The number of hydrogen-bond donors (Lipinski definition) is 1. The van der Waals surface area contributed by atoms with Gasteiger partial charge in [0.25, 0.3) is 5.56 Å². The Bertz CT molecular complexity index is 902. The fraction of sp³-hybridized carbons (Fsp3) is 0.0625. The summed E-state index contributed by atoms with van der Waals surface area (Å²) in [5, 5.41) is 9.10. The number of carboxylic acid groups (broad SMARTS) is 1. The van der Waals surface area contributed by atoms with Crippen LogP contribution in [-0.2, 0) is 6.61 Å². The average molecular weight is 296 g/mol. The molecule has 0 saturated carbocycles. The Hall–Kier alpha value is -3.15. The number of aromatic nitrogens is 2. The van der Waals surface area contributed by atoms with Gasteiger partial charge in [-0.3, -0.25) is 9.20 Å². The molecule has 1 N–H and O–H groups in total. The normalized spacial score (nSPS) is 10.5. The molecule has 0 spiro atoms. The maximum absolute atomic E-state index is 12.0. The second kappa shape index (κ2) is 5.69. The van der Waals surface area contributed by atoms with Crippen molar-refractivity contribution in [3.8, 4) is 5.75 Å². The molecule has 0 aliphatic carbocycles. The van der Waals surface area contributed by atoms with E-state index in [4.69, 9.17) is 9.84 Å². The van der Waals surface area contributed by atoms with Crippen molar-refractivity contribution in [1.82, 2.24) is 9.38 Å². The van der Waals surface area contributed by atoms with Crippen molar-refractivity contribution in [2.75, 3.05) is 0 Å². The first-order chi connectivity index (χ1) is 10.6. The minimum Gasteiger partial charge on any atom is -0.486 e. The van der Waals surface area contributed by atoms with Gasteiger partial charge >= 0.3 is 5.97 Å². The number of nitrogens with zero attached hydrogens (tertiary/aromatic N) is 2. The van der Waals surface area contributed by atoms with Crippen molar-refractivity contribution in [2.24, 2.45) is 0 Å². The summed E-state index contributed by atoms with van der Waals surface area (Å²) in [5.41, 5.74) is 0.812. The summed E-state index contributed by atoms with van der Waals surface area (Å²) in [7, 11) is 0. The van der Waals surface area contributed by atoms with Gasteiger partial charge in [-0.05, 0) is 24.3 Å².